The van der Waals surface area contributed by atoms with Gasteiger partial charge in [-0.15, -0.1) is 11.3 Å². The third-order valence-corrected chi connectivity index (χ3v) is 5.57. The average molecular weight is 344 g/mol. The van der Waals surface area contributed by atoms with E-state index in [-0.39, 0.29) is 5.91 Å². The summed E-state index contributed by atoms with van der Waals surface area (Å²) in [7, 11) is 1.88. The molecule has 0 aliphatic carbocycles. The number of thiophene rings is 1. The maximum atomic E-state index is 12.4. The Kier molecular flexibility index (Phi) is 5.53. The molecular formula is C19H24N2O2S. The predicted molar refractivity (Wildman–Crippen MR) is 97.3 cm³/mol. The average Bonchev–Trinajstić information content (AvgIpc) is 3.09. The topological polar surface area (TPSA) is 43.8 Å². The molecule has 1 N–H and O–H groups in total. The molecule has 1 saturated heterocycles. The van der Waals surface area contributed by atoms with Crippen molar-refractivity contribution >= 4 is 17.2 Å². The number of phenolic OH excluding ortho intramolecular Hbond substituents is 1. The maximum absolute atomic E-state index is 12.4. The van der Waals surface area contributed by atoms with Gasteiger partial charge >= 0.3 is 0 Å². The number of nitrogens with zero attached hydrogens (tertiary/aromatic N) is 2. The molecule has 2 aromatic rings. The normalized spacial score (nSPS) is 16.2. The van der Waals surface area contributed by atoms with E-state index in [1.807, 2.05) is 35.5 Å². The first-order chi connectivity index (χ1) is 11.6. The van der Waals surface area contributed by atoms with Gasteiger partial charge in [0.05, 0.1) is 13.1 Å². The van der Waals surface area contributed by atoms with Crippen molar-refractivity contribution in [3.8, 4) is 5.75 Å². The van der Waals surface area contributed by atoms with Crippen LogP contribution in [0.2, 0.25) is 0 Å². The number of likely N-dealkylation sites (N-methyl/N-ethyl adjacent to an activating group) is 1. The molecule has 0 bridgehead atoms. The molecule has 0 radical (unpaired) electrons. The van der Waals surface area contributed by atoms with Crippen LogP contribution >= 0.6 is 11.3 Å². The lowest BCUT2D eigenvalue weighted by Crippen LogP contribution is -2.41. The highest BCUT2D eigenvalue weighted by molar-refractivity contribution is 7.09. The smallest absolute Gasteiger partial charge is 0.236 e. The molecular weight excluding hydrogens is 320 g/mol. The highest BCUT2D eigenvalue weighted by Crippen LogP contribution is 2.29. The summed E-state index contributed by atoms with van der Waals surface area (Å²) in [5, 5.41) is 11.4. The van der Waals surface area contributed by atoms with Crippen LogP contribution in [0.1, 0.15) is 29.2 Å². The summed E-state index contributed by atoms with van der Waals surface area (Å²) in [6.45, 7) is 3.10. The number of hydrogen-bond donors (Lipinski definition) is 1. The van der Waals surface area contributed by atoms with Crippen LogP contribution in [0.5, 0.6) is 5.75 Å². The van der Waals surface area contributed by atoms with Gasteiger partial charge in [0.1, 0.15) is 5.75 Å². The number of carbonyl (C=O) groups is 1. The van der Waals surface area contributed by atoms with Gasteiger partial charge in [0, 0.05) is 11.9 Å². The number of hydrogen-bond acceptors (Lipinski definition) is 4. The zero-order valence-electron chi connectivity index (χ0n) is 14.0. The molecule has 2 heterocycles. The van der Waals surface area contributed by atoms with E-state index in [0.717, 1.165) is 25.9 Å². The summed E-state index contributed by atoms with van der Waals surface area (Å²) in [5.74, 6) is 1.03. The lowest BCUT2D eigenvalue weighted by Gasteiger charge is -2.32. The van der Waals surface area contributed by atoms with Crippen LogP contribution in [0.25, 0.3) is 0 Å². The Hall–Kier alpha value is -1.85. The molecule has 0 saturated carbocycles. The van der Waals surface area contributed by atoms with Crippen LogP contribution < -0.4 is 0 Å². The van der Waals surface area contributed by atoms with Crippen LogP contribution in [0.4, 0.5) is 0 Å². The van der Waals surface area contributed by atoms with Gasteiger partial charge in [-0.25, -0.2) is 0 Å². The predicted octanol–water partition coefficient (Wildman–Crippen LogP) is 3.29. The fourth-order valence-electron chi connectivity index (χ4n) is 3.21. The van der Waals surface area contributed by atoms with Crippen molar-refractivity contribution in [1.82, 2.24) is 9.80 Å². The van der Waals surface area contributed by atoms with Crippen LogP contribution in [0, 0.1) is 0 Å². The summed E-state index contributed by atoms with van der Waals surface area (Å²) in [6.07, 6.45) is 2.12. The van der Waals surface area contributed by atoms with Gasteiger partial charge in [0.2, 0.25) is 5.91 Å². The zero-order valence-corrected chi connectivity index (χ0v) is 14.8. The number of benzene rings is 1. The summed E-state index contributed by atoms with van der Waals surface area (Å²) in [5.41, 5.74) is 1.29. The van der Waals surface area contributed by atoms with Crippen LogP contribution in [-0.2, 0) is 11.3 Å². The minimum atomic E-state index is 0.187. The highest BCUT2D eigenvalue weighted by Gasteiger charge is 2.23. The molecule has 1 fully saturated rings. The van der Waals surface area contributed by atoms with Gasteiger partial charge in [-0.3, -0.25) is 9.69 Å². The first-order valence-electron chi connectivity index (χ1n) is 8.39. The van der Waals surface area contributed by atoms with Crippen molar-refractivity contribution in [3.63, 3.8) is 0 Å². The molecule has 128 valence electrons. The first kappa shape index (κ1) is 17.0. The first-order valence-corrected chi connectivity index (χ1v) is 9.27. The largest absolute Gasteiger partial charge is 0.508 e. The zero-order chi connectivity index (χ0) is 16.9. The molecule has 1 aromatic heterocycles. The second-order valence-electron chi connectivity index (χ2n) is 6.47. The van der Waals surface area contributed by atoms with Gasteiger partial charge in [-0.2, -0.15) is 0 Å². The molecule has 3 rings (SSSR count). The summed E-state index contributed by atoms with van der Waals surface area (Å²) >= 11 is 1.69. The van der Waals surface area contributed by atoms with Crippen LogP contribution in [0.3, 0.4) is 0 Å². The lowest BCUT2D eigenvalue weighted by molar-refractivity contribution is -0.131. The number of piperidine rings is 1. The van der Waals surface area contributed by atoms with Crippen LogP contribution in [-0.4, -0.2) is 47.5 Å². The molecule has 1 aromatic carbocycles. The molecule has 4 nitrogen and oxygen atoms in total. The van der Waals surface area contributed by atoms with Crippen molar-refractivity contribution < 1.29 is 9.90 Å². The Morgan fingerprint density at radius 3 is 2.58 bits per heavy atom. The lowest BCUT2D eigenvalue weighted by atomic mass is 9.89. The summed E-state index contributed by atoms with van der Waals surface area (Å²) < 4.78 is 0. The second kappa shape index (κ2) is 7.81. The highest BCUT2D eigenvalue weighted by atomic mass is 32.1. The molecule has 0 spiro atoms. The van der Waals surface area contributed by atoms with Crippen molar-refractivity contribution in [2.45, 2.75) is 25.3 Å². The van der Waals surface area contributed by atoms with E-state index >= 15 is 0 Å². The fraction of sp³-hybridized carbons (Fsp3) is 0.421. The summed E-state index contributed by atoms with van der Waals surface area (Å²) in [4.78, 5) is 17.7. The van der Waals surface area contributed by atoms with E-state index in [4.69, 9.17) is 0 Å². The maximum Gasteiger partial charge on any atom is 0.236 e. The number of likely N-dealkylation sites (tertiary alicyclic amines) is 1. The number of aromatic hydroxyl groups is 1. The number of amides is 1. The van der Waals surface area contributed by atoms with E-state index in [1.54, 1.807) is 23.5 Å². The number of phenols is 1. The Bertz CT molecular complexity index is 647. The van der Waals surface area contributed by atoms with E-state index in [0.29, 0.717) is 24.8 Å². The van der Waals surface area contributed by atoms with Gasteiger partial charge < -0.3 is 10.0 Å². The third kappa shape index (κ3) is 4.36. The summed E-state index contributed by atoms with van der Waals surface area (Å²) in [6, 6.07) is 11.6. The number of rotatable bonds is 5. The molecule has 0 atom stereocenters. The van der Waals surface area contributed by atoms with Gasteiger partial charge in [-0.05, 0) is 61.0 Å². The standard InChI is InChI=1S/C19H24N2O2S/c1-20(13-18-3-2-12-24-18)19(23)14-21-10-8-16(9-11-21)15-4-6-17(22)7-5-15/h2-7,12,16,22H,8-11,13-14H2,1H3. The van der Waals surface area contributed by atoms with Crippen LogP contribution in [0.15, 0.2) is 41.8 Å². The second-order valence-corrected chi connectivity index (χ2v) is 7.50. The quantitative estimate of drug-likeness (QED) is 0.905. The molecule has 1 aliphatic heterocycles. The van der Waals surface area contributed by atoms with E-state index in [2.05, 4.69) is 11.0 Å². The Morgan fingerprint density at radius 2 is 1.96 bits per heavy atom. The van der Waals surface area contributed by atoms with Crippen molar-refractivity contribution in [2.24, 2.45) is 0 Å². The number of carbonyl (C=O) groups excluding carboxylic acids is 1. The Morgan fingerprint density at radius 1 is 1.25 bits per heavy atom. The molecule has 5 heteroatoms. The van der Waals surface area contributed by atoms with E-state index in [1.165, 1.54) is 10.4 Å². The third-order valence-electron chi connectivity index (χ3n) is 4.71. The minimum absolute atomic E-state index is 0.187. The van der Waals surface area contributed by atoms with Crippen molar-refractivity contribution in [2.75, 3.05) is 26.7 Å². The van der Waals surface area contributed by atoms with Gasteiger partial charge in [0.25, 0.3) is 0 Å². The van der Waals surface area contributed by atoms with Crippen molar-refractivity contribution in [1.29, 1.82) is 0 Å². The molecule has 1 amide bonds. The van der Waals surface area contributed by atoms with E-state index in [9.17, 15) is 9.90 Å². The van der Waals surface area contributed by atoms with Gasteiger partial charge in [0.15, 0.2) is 0 Å². The minimum Gasteiger partial charge on any atom is -0.508 e. The SMILES string of the molecule is CN(Cc1cccs1)C(=O)CN1CCC(c2ccc(O)cc2)CC1. The molecule has 0 unspecified atom stereocenters. The van der Waals surface area contributed by atoms with E-state index < -0.39 is 0 Å². The Labute approximate surface area is 147 Å². The van der Waals surface area contributed by atoms with Crippen molar-refractivity contribution in [3.05, 3.63) is 52.2 Å². The molecule has 1 aliphatic rings. The molecule has 24 heavy (non-hydrogen) atoms. The Balaban J connectivity index is 1.46. The monoisotopic (exact) mass is 344 g/mol. The fourth-order valence-corrected chi connectivity index (χ4v) is 3.96. The van der Waals surface area contributed by atoms with Gasteiger partial charge in [-0.1, -0.05) is 18.2 Å².